The summed E-state index contributed by atoms with van der Waals surface area (Å²) in [7, 11) is 0. The topological polar surface area (TPSA) is 259 Å². The number of hydrogen-bond donors (Lipinski definition) is 3. The fraction of sp³-hybridized carbons (Fsp3) is 0. The van der Waals surface area contributed by atoms with Crippen LogP contribution in [0.2, 0.25) is 0 Å². The van der Waals surface area contributed by atoms with E-state index in [0.717, 1.165) is 0 Å². The molecule has 4 aromatic heterocycles. The van der Waals surface area contributed by atoms with Gasteiger partial charge in [0, 0.05) is 21.5 Å². The molecule has 0 atom stereocenters. The van der Waals surface area contributed by atoms with Gasteiger partial charge in [0.2, 0.25) is 0 Å². The average Bonchev–Trinajstić information content (AvgIpc) is 3.18. The number of nitrogens with zero attached hydrogens (tertiary/aromatic N) is 4. The summed E-state index contributed by atoms with van der Waals surface area (Å²) < 4.78 is 5.38. The number of hydrogen-bond acceptors (Lipinski definition) is 15. The Morgan fingerprint density at radius 2 is 0.714 bits per heavy atom. The van der Waals surface area contributed by atoms with Crippen LogP contribution in [0.4, 0.5) is 0 Å². The van der Waals surface area contributed by atoms with Gasteiger partial charge in [-0.1, -0.05) is 72.8 Å². The summed E-state index contributed by atoms with van der Waals surface area (Å²) in [6.07, 6.45) is 0. The van der Waals surface area contributed by atoms with Crippen LogP contribution in [0, 0.1) is 0 Å². The first kappa shape index (κ1) is 39.5. The number of rotatable bonds is 5. The normalized spacial score (nSPS) is 10.4. The first-order valence-corrected chi connectivity index (χ1v) is 15.9. The molecule has 272 valence electrons. The summed E-state index contributed by atoms with van der Waals surface area (Å²) in [4.78, 5) is 60.2. The van der Waals surface area contributed by atoms with Crippen molar-refractivity contribution < 1.29 is 54.6 Å². The molecule has 4 aromatic carbocycles. The van der Waals surface area contributed by atoms with Crippen LogP contribution in [0.1, 0.15) is 42.0 Å². The number of aromatic carboxylic acids is 3. The molecule has 0 saturated carbocycles. The Morgan fingerprint density at radius 3 is 1.09 bits per heavy atom. The minimum Gasteiger partial charge on any atom is -0.543 e. The van der Waals surface area contributed by atoms with Gasteiger partial charge >= 0.3 is 23.3 Å². The molecular formula is C40H23AlN4O11. The largest absolute Gasteiger partial charge is 3.00 e. The van der Waals surface area contributed by atoms with E-state index in [9.17, 15) is 49.8 Å². The molecule has 0 bridgehead atoms. The Labute approximate surface area is 325 Å². The third-order valence-corrected chi connectivity index (χ3v) is 7.82. The zero-order valence-corrected chi connectivity index (χ0v) is 29.7. The second-order valence-corrected chi connectivity index (χ2v) is 11.4. The van der Waals surface area contributed by atoms with Crippen LogP contribution in [-0.4, -0.2) is 76.5 Å². The summed E-state index contributed by atoms with van der Waals surface area (Å²) in [5.41, 5.74) is 0.414. The minimum atomic E-state index is -1.43. The maximum absolute atomic E-state index is 12.5. The van der Waals surface area contributed by atoms with Gasteiger partial charge in [0.05, 0.1) is 35.0 Å². The van der Waals surface area contributed by atoms with Gasteiger partial charge in [0.25, 0.3) is 0 Å². The van der Waals surface area contributed by atoms with Crippen LogP contribution in [0.3, 0.4) is 0 Å². The van der Waals surface area contributed by atoms with Crippen molar-refractivity contribution in [1.29, 1.82) is 0 Å². The molecule has 4 heterocycles. The van der Waals surface area contributed by atoms with E-state index < -0.39 is 23.9 Å². The van der Waals surface area contributed by atoms with Crippen molar-refractivity contribution in [2.45, 2.75) is 0 Å². The molecule has 8 rings (SSSR count). The Kier molecular flexibility index (Phi) is 12.0. The molecule has 15 nitrogen and oxygen atoms in total. The van der Waals surface area contributed by atoms with Gasteiger partial charge < -0.3 is 49.8 Å². The Bertz CT molecular complexity index is 2720. The van der Waals surface area contributed by atoms with Gasteiger partial charge in [-0.05, 0) is 48.5 Å². The number of carbonyl (C=O) groups excluding carboxylic acids is 4. The molecule has 56 heavy (non-hydrogen) atoms. The molecular weight excluding hydrogens is 739 g/mol. The minimum absolute atomic E-state index is 0. The van der Waals surface area contributed by atoms with Crippen LogP contribution in [0.25, 0.3) is 43.6 Å². The van der Waals surface area contributed by atoms with Gasteiger partial charge in [-0.3, -0.25) is 0 Å². The molecule has 8 aromatic rings. The van der Waals surface area contributed by atoms with Crippen LogP contribution in [0.5, 0.6) is 23.0 Å². The molecule has 0 unspecified atom stereocenters. The van der Waals surface area contributed by atoms with Crippen molar-refractivity contribution >= 4 is 84.8 Å². The van der Waals surface area contributed by atoms with E-state index in [1.54, 1.807) is 72.8 Å². The van der Waals surface area contributed by atoms with Crippen molar-refractivity contribution in [3.63, 3.8) is 0 Å². The number of aromatic nitrogens is 4. The fourth-order valence-electron chi connectivity index (χ4n) is 5.20. The maximum Gasteiger partial charge on any atom is 3.00 e. The number of pyridine rings is 4. The number of aromatic hydroxyl groups is 3. The van der Waals surface area contributed by atoms with E-state index in [-0.39, 0.29) is 85.2 Å². The quantitative estimate of drug-likeness (QED) is 0.129. The molecule has 0 spiro atoms. The molecule has 3 N–H and O–H groups in total. The Hall–Kier alpha value is -7.67. The molecule has 0 radical (unpaired) electrons. The number of esters is 1. The second-order valence-electron chi connectivity index (χ2n) is 11.4. The van der Waals surface area contributed by atoms with Gasteiger partial charge in [0.15, 0.2) is 5.75 Å². The summed E-state index contributed by atoms with van der Waals surface area (Å²) in [5.74, 6) is -4.91. The number of benzene rings is 4. The molecule has 0 amide bonds. The van der Waals surface area contributed by atoms with Crippen LogP contribution in [-0.2, 0) is 0 Å². The van der Waals surface area contributed by atoms with Gasteiger partial charge in [0.1, 0.15) is 45.0 Å². The molecule has 0 saturated heterocycles. The summed E-state index contributed by atoms with van der Waals surface area (Å²) in [6, 6.07) is 31.3. The molecule has 16 heteroatoms. The number of carbonyl (C=O) groups is 4. The van der Waals surface area contributed by atoms with E-state index in [0.29, 0.717) is 21.5 Å². The molecule has 0 aliphatic heterocycles. The SMILES string of the molecule is O=C([O-])c1ccc2cccc(O)c2n1.O=C([O-])c1ccc2cccc(O)c2n1.O=C([O-])c1ccc2cccc(OC(=O)c3ccc4cccc(O)c4n3)c2n1.[Al+3]. The number of phenolic OH excluding ortho intramolecular Hbond substituents is 3. The zero-order chi connectivity index (χ0) is 39.2. The van der Waals surface area contributed by atoms with E-state index in [1.165, 1.54) is 48.5 Å². The van der Waals surface area contributed by atoms with Crippen molar-refractivity contribution in [2.75, 3.05) is 0 Å². The Balaban J connectivity index is 0.000000175. The number of phenols is 3. The third kappa shape index (κ3) is 8.75. The average molecular weight is 763 g/mol. The fourth-order valence-corrected chi connectivity index (χ4v) is 5.20. The van der Waals surface area contributed by atoms with Crippen molar-refractivity contribution in [3.05, 3.63) is 144 Å². The van der Waals surface area contributed by atoms with Crippen molar-refractivity contribution in [2.24, 2.45) is 0 Å². The monoisotopic (exact) mass is 762 g/mol. The van der Waals surface area contributed by atoms with Crippen LogP contribution >= 0.6 is 0 Å². The number of carboxylic acid groups (broad SMARTS) is 3. The van der Waals surface area contributed by atoms with Crippen molar-refractivity contribution in [3.8, 4) is 23.0 Å². The second kappa shape index (κ2) is 17.0. The van der Waals surface area contributed by atoms with Crippen LogP contribution in [0.15, 0.2) is 121 Å². The predicted octanol–water partition coefficient (Wildman–Crippen LogP) is 2.30. The number of carboxylic acids is 3. The van der Waals surface area contributed by atoms with Gasteiger partial charge in [-0.25, -0.2) is 24.7 Å². The van der Waals surface area contributed by atoms with E-state index in [2.05, 4.69) is 19.9 Å². The molecule has 0 aliphatic carbocycles. The van der Waals surface area contributed by atoms with Crippen LogP contribution < -0.4 is 20.1 Å². The zero-order valence-electron chi connectivity index (χ0n) is 28.5. The number of fused-ring (bicyclic) bond motifs is 4. The van der Waals surface area contributed by atoms with Gasteiger partial charge in [-0.2, -0.15) is 0 Å². The third-order valence-electron chi connectivity index (χ3n) is 7.82. The first-order valence-electron chi connectivity index (χ1n) is 15.9. The number of ether oxygens (including phenoxy) is 1. The summed E-state index contributed by atoms with van der Waals surface area (Å²) in [6.45, 7) is 0. The van der Waals surface area contributed by atoms with E-state index >= 15 is 0 Å². The predicted molar refractivity (Wildman–Crippen MR) is 196 cm³/mol. The molecule has 0 aliphatic rings. The first-order chi connectivity index (χ1) is 26.4. The smallest absolute Gasteiger partial charge is 0.543 e. The van der Waals surface area contributed by atoms with E-state index in [4.69, 9.17) is 4.74 Å². The standard InChI is InChI=1S/C20H12N2O5.2C10H7NO3.Al/c23-15-5-1-3-11-8-10-14(22-17(11)15)20(26)27-16-6-2-4-12-7-9-13(19(24)25)21-18(12)16;2*12-8-3-1-2-6-4-5-7(10(13)14)11-9(6)8;/h1-10,23H,(H,24,25);2*1-5,12H,(H,13,14);/q;;;+3/p-3. The van der Waals surface area contributed by atoms with Gasteiger partial charge in [-0.15, -0.1) is 0 Å². The maximum atomic E-state index is 12.5. The number of para-hydroxylation sites is 4. The summed E-state index contributed by atoms with van der Waals surface area (Å²) >= 11 is 0. The molecule has 0 fully saturated rings. The summed E-state index contributed by atoms with van der Waals surface area (Å²) in [5, 5.41) is 63.4. The van der Waals surface area contributed by atoms with Crippen molar-refractivity contribution in [1.82, 2.24) is 19.9 Å². The Morgan fingerprint density at radius 1 is 0.411 bits per heavy atom. The van der Waals surface area contributed by atoms with E-state index in [1.807, 2.05) is 0 Å².